The average Bonchev–Trinajstić information content (AvgIpc) is 3.19. The van der Waals surface area contributed by atoms with Crippen LogP contribution in [0.2, 0.25) is 5.02 Å². The molecule has 1 aliphatic carbocycles. The first kappa shape index (κ1) is 14.6. The Labute approximate surface area is 130 Å². The molecule has 0 unspecified atom stereocenters. The van der Waals surface area contributed by atoms with Gasteiger partial charge in [-0.25, -0.2) is 0 Å². The summed E-state index contributed by atoms with van der Waals surface area (Å²) >= 11 is 6.19. The van der Waals surface area contributed by atoms with Gasteiger partial charge >= 0.3 is 0 Å². The fraction of sp³-hybridized carbons (Fsp3) is 0.412. The van der Waals surface area contributed by atoms with E-state index in [9.17, 15) is 0 Å². The second-order valence-corrected chi connectivity index (χ2v) is 6.25. The summed E-state index contributed by atoms with van der Waals surface area (Å²) in [5, 5.41) is 4.31. The first-order valence-electron chi connectivity index (χ1n) is 7.42. The molecule has 0 radical (unpaired) electrons. The lowest BCUT2D eigenvalue weighted by molar-refractivity contribution is 0.288. The Balaban J connectivity index is 1.52. The lowest BCUT2D eigenvalue weighted by atomic mass is 10.2. The number of nitrogens with one attached hydrogen (secondary N) is 1. The second-order valence-electron chi connectivity index (χ2n) is 5.84. The highest BCUT2D eigenvalue weighted by atomic mass is 35.5. The molecule has 0 spiro atoms. The van der Waals surface area contributed by atoms with Crippen molar-refractivity contribution in [1.82, 2.24) is 10.2 Å². The topological polar surface area (TPSA) is 28.4 Å². The van der Waals surface area contributed by atoms with Crippen molar-refractivity contribution in [1.29, 1.82) is 0 Å². The quantitative estimate of drug-likeness (QED) is 0.843. The highest BCUT2D eigenvalue weighted by molar-refractivity contribution is 6.31. The van der Waals surface area contributed by atoms with E-state index in [1.54, 1.807) is 0 Å². The van der Waals surface area contributed by atoms with Crippen LogP contribution >= 0.6 is 11.6 Å². The van der Waals surface area contributed by atoms with E-state index in [0.29, 0.717) is 0 Å². The first-order chi connectivity index (χ1) is 10.2. The molecule has 0 atom stereocenters. The minimum absolute atomic E-state index is 0.728. The molecule has 1 aromatic carbocycles. The largest absolute Gasteiger partial charge is 0.468 e. The maximum absolute atomic E-state index is 6.19. The van der Waals surface area contributed by atoms with Crippen molar-refractivity contribution < 1.29 is 4.42 Å². The predicted molar refractivity (Wildman–Crippen MR) is 85.2 cm³/mol. The lowest BCUT2D eigenvalue weighted by Gasteiger charge is -2.15. The Morgan fingerprint density at radius 1 is 1.29 bits per heavy atom. The van der Waals surface area contributed by atoms with E-state index in [0.717, 1.165) is 42.0 Å². The van der Waals surface area contributed by atoms with Gasteiger partial charge in [-0.3, -0.25) is 4.90 Å². The van der Waals surface area contributed by atoms with Gasteiger partial charge in [-0.15, -0.1) is 0 Å². The van der Waals surface area contributed by atoms with Crippen molar-refractivity contribution in [3.8, 4) is 0 Å². The average molecular weight is 305 g/mol. The minimum Gasteiger partial charge on any atom is -0.468 e. The summed E-state index contributed by atoms with van der Waals surface area (Å²) in [7, 11) is 2.08. The van der Waals surface area contributed by atoms with Crippen molar-refractivity contribution in [3.05, 3.63) is 58.5 Å². The number of hydrogen-bond acceptors (Lipinski definition) is 3. The van der Waals surface area contributed by atoms with Gasteiger partial charge in [0.15, 0.2) is 0 Å². The Morgan fingerprint density at radius 3 is 2.86 bits per heavy atom. The standard InChI is InChI=1S/C17H21ClN2O/c1-20(10-14-4-2-3-5-17(14)18)11-16-8-13(12-21-16)9-19-15-6-7-15/h2-5,8,12,15,19H,6-7,9-11H2,1H3. The Hall–Kier alpha value is -1.29. The molecule has 1 fully saturated rings. The lowest BCUT2D eigenvalue weighted by Crippen LogP contribution is -2.17. The van der Waals surface area contributed by atoms with Crippen LogP contribution in [0.4, 0.5) is 0 Å². The van der Waals surface area contributed by atoms with Crippen molar-refractivity contribution >= 4 is 11.6 Å². The monoisotopic (exact) mass is 304 g/mol. The fourth-order valence-corrected chi connectivity index (χ4v) is 2.59. The van der Waals surface area contributed by atoms with Crippen molar-refractivity contribution in [2.24, 2.45) is 0 Å². The molecule has 0 saturated heterocycles. The Bertz CT molecular complexity index is 592. The van der Waals surface area contributed by atoms with Crippen LogP contribution in [0.15, 0.2) is 41.0 Å². The third-order valence-electron chi connectivity index (χ3n) is 3.70. The number of rotatable bonds is 7. The van der Waals surface area contributed by atoms with Crippen LogP contribution in [0.25, 0.3) is 0 Å². The smallest absolute Gasteiger partial charge is 0.118 e. The minimum atomic E-state index is 0.728. The van der Waals surface area contributed by atoms with Gasteiger partial charge in [0.05, 0.1) is 12.8 Å². The van der Waals surface area contributed by atoms with Crippen molar-refractivity contribution in [2.75, 3.05) is 7.05 Å². The summed E-state index contributed by atoms with van der Waals surface area (Å²) < 4.78 is 5.64. The van der Waals surface area contributed by atoms with Crippen LogP contribution in [0.1, 0.15) is 29.7 Å². The third kappa shape index (κ3) is 4.34. The van der Waals surface area contributed by atoms with Gasteiger partial charge in [-0.1, -0.05) is 29.8 Å². The zero-order valence-electron chi connectivity index (χ0n) is 12.3. The molecule has 0 bridgehead atoms. The van der Waals surface area contributed by atoms with Gasteiger partial charge in [0.25, 0.3) is 0 Å². The molecular weight excluding hydrogens is 284 g/mol. The molecule has 3 rings (SSSR count). The molecule has 1 saturated carbocycles. The van der Waals surface area contributed by atoms with Gasteiger partial charge in [0.1, 0.15) is 5.76 Å². The van der Waals surface area contributed by atoms with Gasteiger partial charge < -0.3 is 9.73 Å². The maximum atomic E-state index is 6.19. The van der Waals surface area contributed by atoms with Crippen molar-refractivity contribution in [3.63, 3.8) is 0 Å². The second kappa shape index (κ2) is 6.65. The van der Waals surface area contributed by atoms with Crippen LogP contribution < -0.4 is 5.32 Å². The fourth-order valence-electron chi connectivity index (χ4n) is 2.39. The van der Waals surface area contributed by atoms with Gasteiger partial charge in [0, 0.05) is 29.7 Å². The molecule has 0 amide bonds. The van der Waals surface area contributed by atoms with E-state index in [1.807, 2.05) is 24.5 Å². The van der Waals surface area contributed by atoms with E-state index in [2.05, 4.69) is 29.4 Å². The normalized spacial score (nSPS) is 14.8. The molecule has 0 aliphatic heterocycles. The molecule has 112 valence electrons. The summed E-state index contributed by atoms with van der Waals surface area (Å²) in [6, 6.07) is 10.8. The van der Waals surface area contributed by atoms with E-state index in [4.69, 9.17) is 16.0 Å². The number of benzene rings is 1. The SMILES string of the molecule is CN(Cc1cc(CNC2CC2)co1)Cc1ccccc1Cl. The third-order valence-corrected chi connectivity index (χ3v) is 4.07. The van der Waals surface area contributed by atoms with Crippen LogP contribution in [-0.4, -0.2) is 18.0 Å². The molecule has 1 aromatic heterocycles. The molecule has 21 heavy (non-hydrogen) atoms. The number of nitrogens with zero attached hydrogens (tertiary/aromatic N) is 1. The van der Waals surface area contributed by atoms with Gasteiger partial charge in [0.2, 0.25) is 0 Å². The zero-order chi connectivity index (χ0) is 14.7. The number of hydrogen-bond donors (Lipinski definition) is 1. The zero-order valence-corrected chi connectivity index (χ0v) is 13.1. The van der Waals surface area contributed by atoms with Crippen LogP contribution in [0, 0.1) is 0 Å². The van der Waals surface area contributed by atoms with E-state index in [1.165, 1.54) is 18.4 Å². The van der Waals surface area contributed by atoms with E-state index >= 15 is 0 Å². The van der Waals surface area contributed by atoms with Crippen molar-refractivity contribution in [2.45, 2.75) is 38.5 Å². The Kier molecular flexibility index (Phi) is 4.63. The number of halogens is 1. The summed E-state index contributed by atoms with van der Waals surface area (Å²) in [6.45, 7) is 2.51. The van der Waals surface area contributed by atoms with E-state index in [-0.39, 0.29) is 0 Å². The molecule has 1 aliphatic rings. The molecular formula is C17H21ClN2O. The highest BCUT2D eigenvalue weighted by Gasteiger charge is 2.20. The van der Waals surface area contributed by atoms with Gasteiger partial charge in [-0.2, -0.15) is 0 Å². The summed E-state index contributed by atoms with van der Waals surface area (Å²) in [5.41, 5.74) is 2.37. The van der Waals surface area contributed by atoms with Gasteiger partial charge in [-0.05, 0) is 37.6 Å². The summed E-state index contributed by atoms with van der Waals surface area (Å²) in [6.07, 6.45) is 4.48. The predicted octanol–water partition coefficient (Wildman–Crippen LogP) is 3.82. The number of furan rings is 1. The van der Waals surface area contributed by atoms with Crippen LogP contribution in [-0.2, 0) is 19.6 Å². The first-order valence-corrected chi connectivity index (χ1v) is 7.80. The molecule has 1 N–H and O–H groups in total. The summed E-state index contributed by atoms with van der Waals surface area (Å²) in [4.78, 5) is 2.21. The maximum Gasteiger partial charge on any atom is 0.118 e. The van der Waals surface area contributed by atoms with E-state index < -0.39 is 0 Å². The molecule has 1 heterocycles. The Morgan fingerprint density at radius 2 is 2.10 bits per heavy atom. The van der Waals surface area contributed by atoms with Crippen LogP contribution in [0.5, 0.6) is 0 Å². The summed E-state index contributed by atoms with van der Waals surface area (Å²) in [5.74, 6) is 0.997. The van der Waals surface area contributed by atoms with Crippen LogP contribution in [0.3, 0.4) is 0 Å². The molecule has 2 aromatic rings. The highest BCUT2D eigenvalue weighted by Crippen LogP contribution is 2.20. The molecule has 4 heteroatoms. The molecule has 3 nitrogen and oxygen atoms in total.